The molecular formula is C18H9F8NO5. The van der Waals surface area contributed by atoms with Crippen molar-refractivity contribution in [3.8, 4) is 16.9 Å². The number of anilines is 1. The lowest BCUT2D eigenvalue weighted by Crippen LogP contribution is -2.57. The first kappa shape index (κ1) is 23.2. The first-order valence-corrected chi connectivity index (χ1v) is 8.23. The highest BCUT2D eigenvalue weighted by atomic mass is 19.3. The predicted molar refractivity (Wildman–Crippen MR) is 87.5 cm³/mol. The van der Waals surface area contributed by atoms with Crippen LogP contribution < -0.4 is 9.64 Å². The minimum absolute atomic E-state index is 0.0698. The van der Waals surface area contributed by atoms with Crippen molar-refractivity contribution in [3.05, 3.63) is 47.0 Å². The summed E-state index contributed by atoms with van der Waals surface area (Å²) in [5.41, 5.74) is -3.97. The number of ether oxygens (including phenoxy) is 3. The van der Waals surface area contributed by atoms with Crippen molar-refractivity contribution in [1.82, 2.24) is 0 Å². The average molecular weight is 471 g/mol. The summed E-state index contributed by atoms with van der Waals surface area (Å²) in [7, 11) is 1.61. The van der Waals surface area contributed by atoms with Gasteiger partial charge < -0.3 is 14.2 Å². The first-order valence-electron chi connectivity index (χ1n) is 8.23. The Morgan fingerprint density at radius 3 is 2.00 bits per heavy atom. The minimum atomic E-state index is -4.64. The second-order valence-corrected chi connectivity index (χ2v) is 6.15. The number of methoxy groups -OCH3 is 2. The number of hydrogen-bond donors (Lipinski definition) is 0. The van der Waals surface area contributed by atoms with Crippen molar-refractivity contribution in [2.45, 2.75) is 12.3 Å². The second-order valence-electron chi connectivity index (χ2n) is 6.15. The van der Waals surface area contributed by atoms with Crippen LogP contribution in [0.25, 0.3) is 11.1 Å². The molecule has 2 aromatic rings. The van der Waals surface area contributed by atoms with Crippen LogP contribution in [-0.2, 0) is 19.1 Å². The van der Waals surface area contributed by atoms with Crippen LogP contribution in [0.1, 0.15) is 0 Å². The Labute approximate surface area is 172 Å². The lowest BCUT2D eigenvalue weighted by atomic mass is 10.0. The number of fused-ring (bicyclic) bond motifs is 1. The van der Waals surface area contributed by atoms with Gasteiger partial charge in [0.2, 0.25) is 12.0 Å². The minimum Gasteiger partial charge on any atom is -0.466 e. The van der Waals surface area contributed by atoms with Gasteiger partial charge in [0, 0.05) is 18.7 Å². The number of nitrogens with zero attached hydrogens (tertiary/aromatic N) is 1. The summed E-state index contributed by atoms with van der Waals surface area (Å²) >= 11 is 0. The van der Waals surface area contributed by atoms with Gasteiger partial charge in [-0.1, -0.05) is 0 Å². The molecule has 0 N–H and O–H groups in total. The SMILES string of the molecule is COC(=O)[C@@H](OC)N1C(=O)C(F)(F)Oc2cc(F)c(-c3c(F)c(F)c(F)c(F)c3F)cc21. The molecule has 0 radical (unpaired) electrons. The highest BCUT2D eigenvalue weighted by Gasteiger charge is 2.54. The fourth-order valence-corrected chi connectivity index (χ4v) is 2.92. The Balaban J connectivity index is 2.34. The standard InChI is InChI=1S/C18H9F8NO5/c1-30-15(16(28)31-2)27-7-3-5(6(19)4-8(7)32-18(25,26)17(27)29)9-10(20)12(22)14(24)13(23)11(9)21/h3-4,15H,1-2H3/t15-/m1/s1. The van der Waals surface area contributed by atoms with Crippen LogP contribution >= 0.6 is 0 Å². The van der Waals surface area contributed by atoms with Gasteiger partial charge in [-0.25, -0.2) is 31.1 Å². The zero-order valence-corrected chi connectivity index (χ0v) is 15.7. The highest BCUT2D eigenvalue weighted by Crippen LogP contribution is 2.45. The molecule has 172 valence electrons. The molecule has 0 spiro atoms. The van der Waals surface area contributed by atoms with E-state index >= 15 is 0 Å². The van der Waals surface area contributed by atoms with Crippen molar-refractivity contribution >= 4 is 17.6 Å². The average Bonchev–Trinajstić information content (AvgIpc) is 2.74. The molecule has 1 amide bonds. The maximum absolute atomic E-state index is 14.5. The molecule has 0 aliphatic carbocycles. The van der Waals surface area contributed by atoms with Gasteiger partial charge in [-0.05, 0) is 6.07 Å². The van der Waals surface area contributed by atoms with E-state index in [1.54, 1.807) is 0 Å². The Bertz CT molecular complexity index is 1110. The fourth-order valence-electron chi connectivity index (χ4n) is 2.92. The Morgan fingerprint density at radius 1 is 0.969 bits per heavy atom. The van der Waals surface area contributed by atoms with Gasteiger partial charge in [-0.15, -0.1) is 0 Å². The van der Waals surface area contributed by atoms with Crippen molar-refractivity contribution in [1.29, 1.82) is 0 Å². The van der Waals surface area contributed by atoms with E-state index in [0.717, 1.165) is 14.2 Å². The predicted octanol–water partition coefficient (Wildman–Crippen LogP) is 3.65. The van der Waals surface area contributed by atoms with E-state index in [1.807, 2.05) is 0 Å². The number of benzene rings is 2. The quantitative estimate of drug-likeness (QED) is 0.295. The zero-order chi connectivity index (χ0) is 24.1. The molecule has 0 unspecified atom stereocenters. The Hall–Kier alpha value is -3.42. The second kappa shape index (κ2) is 7.93. The summed E-state index contributed by atoms with van der Waals surface area (Å²) in [6.45, 7) is 0. The third-order valence-corrected chi connectivity index (χ3v) is 4.35. The van der Waals surface area contributed by atoms with Gasteiger partial charge in [0.1, 0.15) is 5.82 Å². The number of halogens is 8. The number of carbonyl (C=O) groups is 2. The third-order valence-electron chi connectivity index (χ3n) is 4.35. The van der Waals surface area contributed by atoms with Crippen molar-refractivity contribution in [3.63, 3.8) is 0 Å². The van der Waals surface area contributed by atoms with Gasteiger partial charge in [-0.3, -0.25) is 9.69 Å². The fraction of sp³-hybridized carbons (Fsp3) is 0.222. The molecule has 32 heavy (non-hydrogen) atoms. The van der Waals surface area contributed by atoms with E-state index in [0.29, 0.717) is 0 Å². The lowest BCUT2D eigenvalue weighted by Gasteiger charge is -2.36. The molecule has 0 bridgehead atoms. The van der Waals surface area contributed by atoms with Gasteiger partial charge >= 0.3 is 18.0 Å². The summed E-state index contributed by atoms with van der Waals surface area (Å²) in [6.07, 6.45) is -6.85. The maximum Gasteiger partial charge on any atom is 0.483 e. The largest absolute Gasteiger partial charge is 0.483 e. The summed E-state index contributed by atoms with van der Waals surface area (Å²) < 4.78 is 125. The van der Waals surface area contributed by atoms with E-state index in [-0.39, 0.29) is 17.0 Å². The number of amides is 1. The van der Waals surface area contributed by atoms with Gasteiger partial charge in [0.15, 0.2) is 29.0 Å². The third kappa shape index (κ3) is 3.39. The number of alkyl halides is 2. The van der Waals surface area contributed by atoms with Crippen LogP contribution in [0.15, 0.2) is 12.1 Å². The molecule has 0 saturated heterocycles. The van der Waals surface area contributed by atoms with Crippen LogP contribution in [0.3, 0.4) is 0 Å². The van der Waals surface area contributed by atoms with Crippen molar-refractivity contribution < 1.29 is 58.9 Å². The summed E-state index contributed by atoms with van der Waals surface area (Å²) in [6, 6.07) is 0.394. The van der Waals surface area contributed by atoms with Crippen LogP contribution in [0.4, 0.5) is 40.8 Å². The number of hydrogen-bond acceptors (Lipinski definition) is 5. The van der Waals surface area contributed by atoms with E-state index in [1.165, 1.54) is 0 Å². The molecule has 1 aliphatic rings. The highest BCUT2D eigenvalue weighted by molar-refractivity contribution is 6.05. The molecule has 1 heterocycles. The number of esters is 1. The Kier molecular flexibility index (Phi) is 5.76. The summed E-state index contributed by atoms with van der Waals surface area (Å²) in [5.74, 6) is -18.7. The molecule has 14 heteroatoms. The number of carbonyl (C=O) groups excluding carboxylic acids is 2. The normalized spacial score (nSPS) is 15.8. The van der Waals surface area contributed by atoms with Crippen molar-refractivity contribution in [2.24, 2.45) is 0 Å². The molecule has 1 aliphatic heterocycles. The van der Waals surface area contributed by atoms with Gasteiger partial charge in [0.25, 0.3) is 0 Å². The van der Waals surface area contributed by atoms with E-state index in [2.05, 4.69) is 14.2 Å². The zero-order valence-electron chi connectivity index (χ0n) is 15.7. The molecule has 0 saturated carbocycles. The van der Waals surface area contributed by atoms with Crippen LogP contribution in [0.2, 0.25) is 0 Å². The first-order chi connectivity index (χ1) is 14.9. The lowest BCUT2D eigenvalue weighted by molar-refractivity contribution is -0.196. The summed E-state index contributed by atoms with van der Waals surface area (Å²) in [4.78, 5) is 24.0. The molecule has 3 rings (SSSR count). The topological polar surface area (TPSA) is 65.1 Å². The smallest absolute Gasteiger partial charge is 0.466 e. The van der Waals surface area contributed by atoms with Crippen LogP contribution in [-0.4, -0.2) is 38.4 Å². The molecule has 2 aromatic carbocycles. The Morgan fingerprint density at radius 2 is 1.50 bits per heavy atom. The van der Waals surface area contributed by atoms with Crippen molar-refractivity contribution in [2.75, 3.05) is 19.1 Å². The monoisotopic (exact) mass is 471 g/mol. The molecule has 0 aromatic heterocycles. The van der Waals surface area contributed by atoms with Gasteiger partial charge in [0.05, 0.1) is 18.4 Å². The molecule has 0 fully saturated rings. The van der Waals surface area contributed by atoms with E-state index < -0.39 is 81.7 Å². The maximum atomic E-state index is 14.5. The molecule has 1 atom stereocenters. The summed E-state index contributed by atoms with van der Waals surface area (Å²) in [5, 5.41) is 0. The van der Waals surface area contributed by atoms with E-state index in [9.17, 15) is 44.7 Å². The molecular weight excluding hydrogens is 462 g/mol. The number of rotatable bonds is 4. The van der Waals surface area contributed by atoms with Crippen LogP contribution in [0, 0.1) is 34.9 Å². The van der Waals surface area contributed by atoms with E-state index in [4.69, 9.17) is 0 Å². The van der Waals surface area contributed by atoms with Crippen LogP contribution in [0.5, 0.6) is 5.75 Å². The van der Waals surface area contributed by atoms with Gasteiger partial charge in [-0.2, -0.15) is 8.78 Å². The molecule has 6 nitrogen and oxygen atoms in total.